The van der Waals surface area contributed by atoms with Gasteiger partial charge in [0.25, 0.3) is 0 Å². The molecule has 1 aliphatic heterocycles. The molecule has 1 heterocycles. The lowest BCUT2D eigenvalue weighted by atomic mass is 10.0. The van der Waals surface area contributed by atoms with E-state index in [0.29, 0.717) is 12.8 Å². The van der Waals surface area contributed by atoms with Gasteiger partial charge in [-0.1, -0.05) is 36.8 Å². The Hall–Kier alpha value is -1.84. The summed E-state index contributed by atoms with van der Waals surface area (Å²) in [4.78, 5) is 25.6. The second-order valence-electron chi connectivity index (χ2n) is 5.74. The fraction of sp³-hybridized carbons (Fsp3) is 0.529. The van der Waals surface area contributed by atoms with Gasteiger partial charge in [0.2, 0.25) is 11.8 Å². The predicted molar refractivity (Wildman–Crippen MR) is 82.9 cm³/mol. The highest BCUT2D eigenvalue weighted by molar-refractivity contribution is 5.79. The van der Waals surface area contributed by atoms with Crippen LogP contribution in [0.5, 0.6) is 0 Å². The first-order valence-electron chi connectivity index (χ1n) is 7.71. The molecular formula is C17H24N2O2. The number of hydrogen-bond donors (Lipinski definition) is 1. The van der Waals surface area contributed by atoms with Crippen molar-refractivity contribution in [3.63, 3.8) is 0 Å². The lowest BCUT2D eigenvalue weighted by molar-refractivity contribution is -0.131. The molecule has 1 aliphatic rings. The molecule has 0 unspecified atom stereocenters. The van der Waals surface area contributed by atoms with Crippen molar-refractivity contribution < 1.29 is 9.59 Å². The van der Waals surface area contributed by atoms with Gasteiger partial charge in [-0.2, -0.15) is 0 Å². The van der Waals surface area contributed by atoms with E-state index in [2.05, 4.69) is 11.4 Å². The van der Waals surface area contributed by atoms with Gasteiger partial charge in [-0.05, 0) is 25.3 Å². The summed E-state index contributed by atoms with van der Waals surface area (Å²) in [6.45, 7) is 5.37. The number of rotatable bonds is 4. The third-order valence-corrected chi connectivity index (χ3v) is 3.97. The monoisotopic (exact) mass is 288 g/mol. The van der Waals surface area contributed by atoms with Crippen molar-refractivity contribution in [3.05, 3.63) is 35.4 Å². The zero-order valence-corrected chi connectivity index (χ0v) is 12.9. The molecule has 0 aliphatic carbocycles. The van der Waals surface area contributed by atoms with Crippen LogP contribution >= 0.6 is 0 Å². The van der Waals surface area contributed by atoms with E-state index >= 15 is 0 Å². The summed E-state index contributed by atoms with van der Waals surface area (Å²) < 4.78 is 0. The number of piperidine rings is 1. The summed E-state index contributed by atoms with van der Waals surface area (Å²) in [5.41, 5.74) is 2.25. The highest BCUT2D eigenvalue weighted by Crippen LogP contribution is 2.13. The van der Waals surface area contributed by atoms with Gasteiger partial charge in [0.15, 0.2) is 0 Å². The van der Waals surface area contributed by atoms with Gasteiger partial charge < -0.3 is 10.2 Å². The zero-order chi connectivity index (χ0) is 15.2. The Bertz CT molecular complexity index is 505. The molecule has 2 amide bonds. The molecule has 1 aromatic carbocycles. The highest BCUT2D eigenvalue weighted by Gasteiger charge is 2.23. The van der Waals surface area contributed by atoms with E-state index in [0.717, 1.165) is 31.5 Å². The van der Waals surface area contributed by atoms with Crippen LogP contribution in [-0.2, 0) is 16.0 Å². The van der Waals surface area contributed by atoms with E-state index in [-0.39, 0.29) is 17.9 Å². The number of hydrogen-bond acceptors (Lipinski definition) is 2. The van der Waals surface area contributed by atoms with E-state index in [1.807, 2.05) is 36.9 Å². The smallest absolute Gasteiger partial charge is 0.226 e. The third-order valence-electron chi connectivity index (χ3n) is 3.97. The lowest BCUT2D eigenvalue weighted by Crippen LogP contribution is -2.46. The number of amides is 2. The Kier molecular flexibility index (Phi) is 5.37. The first-order valence-corrected chi connectivity index (χ1v) is 7.71. The van der Waals surface area contributed by atoms with Crippen LogP contribution < -0.4 is 5.32 Å². The molecule has 1 aromatic rings. The molecule has 2 rings (SSSR count). The molecule has 0 saturated carbocycles. The Balaban J connectivity index is 1.82. The van der Waals surface area contributed by atoms with Crippen LogP contribution in [-0.4, -0.2) is 35.8 Å². The van der Waals surface area contributed by atoms with Crippen molar-refractivity contribution in [2.24, 2.45) is 0 Å². The van der Waals surface area contributed by atoms with Crippen LogP contribution in [0.1, 0.15) is 37.3 Å². The van der Waals surface area contributed by atoms with E-state index in [4.69, 9.17) is 0 Å². The Morgan fingerprint density at radius 1 is 1.29 bits per heavy atom. The fourth-order valence-electron chi connectivity index (χ4n) is 2.71. The molecule has 1 N–H and O–H groups in total. The number of nitrogens with one attached hydrogen (secondary N) is 1. The molecular weight excluding hydrogens is 264 g/mol. The minimum atomic E-state index is 0.0968. The van der Waals surface area contributed by atoms with Crippen molar-refractivity contribution >= 4 is 11.8 Å². The van der Waals surface area contributed by atoms with Crippen LogP contribution in [0.2, 0.25) is 0 Å². The van der Waals surface area contributed by atoms with E-state index in [1.165, 1.54) is 5.56 Å². The Morgan fingerprint density at radius 2 is 2.00 bits per heavy atom. The van der Waals surface area contributed by atoms with Gasteiger partial charge in [-0.15, -0.1) is 0 Å². The quantitative estimate of drug-likeness (QED) is 0.922. The summed E-state index contributed by atoms with van der Waals surface area (Å²) in [6, 6.07) is 8.31. The minimum Gasteiger partial charge on any atom is -0.353 e. The molecule has 1 fully saturated rings. The molecule has 1 saturated heterocycles. The van der Waals surface area contributed by atoms with Crippen molar-refractivity contribution in [1.82, 2.24) is 10.2 Å². The maximum atomic E-state index is 12.3. The number of carbonyl (C=O) groups is 2. The molecule has 114 valence electrons. The summed E-state index contributed by atoms with van der Waals surface area (Å²) in [5.74, 6) is 0.278. The van der Waals surface area contributed by atoms with Crippen LogP contribution in [0, 0.1) is 6.92 Å². The Labute approximate surface area is 126 Å². The lowest BCUT2D eigenvalue weighted by Gasteiger charge is -2.32. The normalized spacial score (nSPS) is 15.8. The molecule has 0 radical (unpaired) electrons. The second-order valence-corrected chi connectivity index (χ2v) is 5.74. The molecule has 0 aromatic heterocycles. The van der Waals surface area contributed by atoms with E-state index in [9.17, 15) is 9.59 Å². The van der Waals surface area contributed by atoms with Crippen molar-refractivity contribution in [1.29, 1.82) is 0 Å². The van der Waals surface area contributed by atoms with E-state index < -0.39 is 0 Å². The number of benzene rings is 1. The van der Waals surface area contributed by atoms with Crippen LogP contribution in [0.3, 0.4) is 0 Å². The first kappa shape index (κ1) is 15.5. The molecule has 4 nitrogen and oxygen atoms in total. The van der Waals surface area contributed by atoms with Crippen molar-refractivity contribution in [2.75, 3.05) is 13.1 Å². The fourth-order valence-corrected chi connectivity index (χ4v) is 2.71. The number of nitrogens with zero attached hydrogens (tertiary/aromatic N) is 1. The Morgan fingerprint density at radius 3 is 2.62 bits per heavy atom. The largest absolute Gasteiger partial charge is 0.353 e. The maximum Gasteiger partial charge on any atom is 0.226 e. The van der Waals surface area contributed by atoms with Gasteiger partial charge in [0.1, 0.15) is 0 Å². The number of carbonyl (C=O) groups excluding carboxylic acids is 2. The average Bonchev–Trinajstić information content (AvgIpc) is 2.47. The van der Waals surface area contributed by atoms with Gasteiger partial charge >= 0.3 is 0 Å². The summed E-state index contributed by atoms with van der Waals surface area (Å²) in [5, 5.41) is 3.01. The topological polar surface area (TPSA) is 49.4 Å². The van der Waals surface area contributed by atoms with E-state index in [1.54, 1.807) is 0 Å². The molecule has 0 bridgehead atoms. The average molecular weight is 288 g/mol. The SMILES string of the molecule is CCC(=O)NC1CCN(C(=O)Cc2cccc(C)c2)CC1. The summed E-state index contributed by atoms with van der Waals surface area (Å²) in [6.07, 6.45) is 2.69. The molecule has 0 spiro atoms. The standard InChI is InChI=1S/C17H24N2O2/c1-3-16(20)18-15-7-9-19(10-8-15)17(21)12-14-6-4-5-13(2)11-14/h4-6,11,15H,3,7-10,12H2,1-2H3,(H,18,20). The molecule has 0 atom stereocenters. The van der Waals surface area contributed by atoms with Crippen LogP contribution in [0.4, 0.5) is 0 Å². The predicted octanol–water partition coefficient (Wildman–Crippen LogP) is 2.05. The highest BCUT2D eigenvalue weighted by atomic mass is 16.2. The van der Waals surface area contributed by atoms with Gasteiger partial charge in [0, 0.05) is 25.6 Å². The second kappa shape index (κ2) is 7.25. The van der Waals surface area contributed by atoms with Gasteiger partial charge in [-0.25, -0.2) is 0 Å². The van der Waals surface area contributed by atoms with Crippen LogP contribution in [0.15, 0.2) is 24.3 Å². The third kappa shape index (κ3) is 4.59. The number of aryl methyl sites for hydroxylation is 1. The van der Waals surface area contributed by atoms with Crippen molar-refractivity contribution in [2.45, 2.75) is 45.6 Å². The number of likely N-dealkylation sites (tertiary alicyclic amines) is 1. The van der Waals surface area contributed by atoms with Crippen LogP contribution in [0.25, 0.3) is 0 Å². The zero-order valence-electron chi connectivity index (χ0n) is 12.9. The van der Waals surface area contributed by atoms with Gasteiger partial charge in [0.05, 0.1) is 6.42 Å². The summed E-state index contributed by atoms with van der Waals surface area (Å²) >= 11 is 0. The maximum absolute atomic E-state index is 12.3. The first-order chi connectivity index (χ1) is 10.1. The molecule has 4 heteroatoms. The van der Waals surface area contributed by atoms with Gasteiger partial charge in [-0.3, -0.25) is 9.59 Å². The minimum absolute atomic E-state index is 0.0968. The van der Waals surface area contributed by atoms with Crippen molar-refractivity contribution in [3.8, 4) is 0 Å². The molecule has 21 heavy (non-hydrogen) atoms. The summed E-state index contributed by atoms with van der Waals surface area (Å²) in [7, 11) is 0.